The molecule has 2 aromatic carbocycles. The second-order valence-corrected chi connectivity index (χ2v) is 7.25. The zero-order valence-corrected chi connectivity index (χ0v) is 15.5. The number of rotatable bonds is 6. The monoisotopic (exact) mass is 387 g/mol. The van der Waals surface area contributed by atoms with Crippen molar-refractivity contribution in [1.29, 1.82) is 0 Å². The molecule has 0 atom stereocenters. The molecule has 9 heteroatoms. The molecule has 0 spiro atoms. The van der Waals surface area contributed by atoms with Crippen molar-refractivity contribution >= 4 is 21.7 Å². The fourth-order valence-corrected chi connectivity index (χ4v) is 3.43. The number of carbonyl (C=O) groups is 1. The average Bonchev–Trinajstić information content (AvgIpc) is 3.09. The van der Waals surface area contributed by atoms with E-state index in [9.17, 15) is 13.2 Å². The number of anilines is 1. The highest BCUT2D eigenvalue weighted by atomic mass is 32.2. The van der Waals surface area contributed by atoms with Crippen molar-refractivity contribution in [2.45, 2.75) is 18.7 Å². The zero-order chi connectivity index (χ0) is 19.4. The molecule has 140 valence electrons. The Bertz CT molecular complexity index is 1060. The van der Waals surface area contributed by atoms with Crippen LogP contribution in [0.25, 0.3) is 11.4 Å². The number of aryl methyl sites for hydroxylation is 1. The van der Waals surface area contributed by atoms with Crippen LogP contribution >= 0.6 is 0 Å². The Hall–Kier alpha value is -3.20. The van der Waals surface area contributed by atoms with E-state index in [1.807, 2.05) is 0 Å². The Morgan fingerprint density at radius 2 is 1.93 bits per heavy atom. The Morgan fingerprint density at radius 1 is 1.19 bits per heavy atom. The van der Waals surface area contributed by atoms with Crippen LogP contribution in [0.2, 0.25) is 0 Å². The molecular weight excluding hydrogens is 370 g/mol. The molecule has 1 N–H and O–H groups in total. The number of nitrogens with zero attached hydrogens (tertiary/aromatic N) is 2. The van der Waals surface area contributed by atoms with Gasteiger partial charge in [-0.1, -0.05) is 17.3 Å². The molecule has 0 saturated heterocycles. The van der Waals surface area contributed by atoms with E-state index in [1.165, 1.54) is 36.4 Å². The summed E-state index contributed by atoms with van der Waals surface area (Å²) in [6.45, 7) is 3.63. The smallest absolute Gasteiger partial charge is 0.338 e. The highest BCUT2D eigenvalue weighted by Crippen LogP contribution is 2.22. The molecule has 27 heavy (non-hydrogen) atoms. The van der Waals surface area contributed by atoms with Crippen molar-refractivity contribution in [3.05, 3.63) is 60.0 Å². The van der Waals surface area contributed by atoms with Crippen molar-refractivity contribution in [3.63, 3.8) is 0 Å². The Balaban J connectivity index is 1.82. The molecule has 3 rings (SSSR count). The van der Waals surface area contributed by atoms with Gasteiger partial charge in [-0.3, -0.25) is 4.72 Å². The van der Waals surface area contributed by atoms with E-state index in [1.54, 1.807) is 26.0 Å². The fraction of sp³-hybridized carbons (Fsp3) is 0.167. The maximum atomic E-state index is 12.6. The van der Waals surface area contributed by atoms with Crippen LogP contribution in [0, 0.1) is 6.92 Å². The summed E-state index contributed by atoms with van der Waals surface area (Å²) in [4.78, 5) is 15.8. The Labute approximate surface area is 156 Å². The molecule has 3 aromatic rings. The second-order valence-electron chi connectivity index (χ2n) is 5.57. The van der Waals surface area contributed by atoms with Crippen molar-refractivity contribution in [3.8, 4) is 11.4 Å². The normalized spacial score (nSPS) is 11.2. The first kappa shape index (κ1) is 18.6. The molecule has 0 unspecified atom stereocenters. The molecule has 0 saturated carbocycles. The topological polar surface area (TPSA) is 111 Å². The standard InChI is InChI=1S/C18H17N3O5S/c1-3-25-18(22)13-7-9-15(10-8-13)21-27(23,24)16-6-4-5-14(11-16)17-19-12(2)26-20-17/h4-11,21H,3H2,1-2H3. The number of esters is 1. The summed E-state index contributed by atoms with van der Waals surface area (Å²) in [6.07, 6.45) is 0. The highest BCUT2D eigenvalue weighted by molar-refractivity contribution is 7.92. The first-order chi connectivity index (χ1) is 12.9. The van der Waals surface area contributed by atoms with Crippen LogP contribution in [-0.2, 0) is 14.8 Å². The minimum Gasteiger partial charge on any atom is -0.462 e. The lowest BCUT2D eigenvalue weighted by Crippen LogP contribution is -2.13. The van der Waals surface area contributed by atoms with Gasteiger partial charge in [0.15, 0.2) is 0 Å². The third-order valence-corrected chi connectivity index (χ3v) is 4.96. The number of carbonyl (C=O) groups excluding carboxylic acids is 1. The molecule has 8 nitrogen and oxygen atoms in total. The molecule has 1 aromatic heterocycles. The number of sulfonamides is 1. The van der Waals surface area contributed by atoms with Crippen molar-refractivity contribution < 1.29 is 22.5 Å². The molecule has 0 radical (unpaired) electrons. The van der Waals surface area contributed by atoms with Crippen LogP contribution in [0.3, 0.4) is 0 Å². The van der Waals surface area contributed by atoms with Gasteiger partial charge in [-0.2, -0.15) is 4.98 Å². The van der Waals surface area contributed by atoms with Gasteiger partial charge in [0.1, 0.15) is 0 Å². The predicted molar refractivity (Wildman–Crippen MR) is 97.7 cm³/mol. The van der Waals surface area contributed by atoms with Crippen molar-refractivity contribution in [1.82, 2.24) is 10.1 Å². The van der Waals surface area contributed by atoms with E-state index in [4.69, 9.17) is 9.26 Å². The molecule has 0 aliphatic heterocycles. The Kier molecular flexibility index (Phi) is 5.22. The van der Waals surface area contributed by atoms with Crippen molar-refractivity contribution in [2.75, 3.05) is 11.3 Å². The van der Waals surface area contributed by atoms with E-state index in [-0.39, 0.29) is 11.5 Å². The van der Waals surface area contributed by atoms with Gasteiger partial charge >= 0.3 is 5.97 Å². The summed E-state index contributed by atoms with van der Waals surface area (Å²) >= 11 is 0. The number of aromatic nitrogens is 2. The summed E-state index contributed by atoms with van der Waals surface area (Å²) in [5.41, 5.74) is 1.19. The number of benzene rings is 2. The summed E-state index contributed by atoms with van der Waals surface area (Å²) in [6, 6.07) is 12.2. The average molecular weight is 387 g/mol. The molecule has 0 aliphatic carbocycles. The van der Waals surface area contributed by atoms with Gasteiger partial charge in [0, 0.05) is 18.2 Å². The predicted octanol–water partition coefficient (Wildman–Crippen LogP) is 3.02. The van der Waals surface area contributed by atoms with Crippen LogP contribution in [0.1, 0.15) is 23.2 Å². The second kappa shape index (κ2) is 7.58. The minimum atomic E-state index is -3.83. The SMILES string of the molecule is CCOC(=O)c1ccc(NS(=O)(=O)c2cccc(-c3noc(C)n3)c2)cc1. The van der Waals surface area contributed by atoms with Crippen LogP contribution in [-0.4, -0.2) is 31.1 Å². The highest BCUT2D eigenvalue weighted by Gasteiger charge is 2.17. The van der Waals surface area contributed by atoms with Gasteiger partial charge in [-0.05, 0) is 43.3 Å². The van der Waals surface area contributed by atoms with E-state index in [2.05, 4.69) is 14.9 Å². The van der Waals surface area contributed by atoms with Crippen LogP contribution in [0.5, 0.6) is 0 Å². The number of nitrogens with one attached hydrogen (secondary N) is 1. The van der Waals surface area contributed by atoms with Gasteiger partial charge in [0.2, 0.25) is 11.7 Å². The minimum absolute atomic E-state index is 0.0527. The number of hydrogen-bond acceptors (Lipinski definition) is 7. The summed E-state index contributed by atoms with van der Waals surface area (Å²) < 4.78 is 37.6. The van der Waals surface area contributed by atoms with Gasteiger partial charge in [-0.25, -0.2) is 13.2 Å². The first-order valence-corrected chi connectivity index (χ1v) is 9.58. The van der Waals surface area contributed by atoms with Crippen molar-refractivity contribution in [2.24, 2.45) is 0 Å². The van der Waals surface area contributed by atoms with Gasteiger partial charge in [0.25, 0.3) is 10.0 Å². The maximum absolute atomic E-state index is 12.6. The third-order valence-electron chi connectivity index (χ3n) is 3.58. The zero-order valence-electron chi connectivity index (χ0n) is 14.7. The summed E-state index contributed by atoms with van der Waals surface area (Å²) in [5.74, 6) is 0.233. The van der Waals surface area contributed by atoms with E-state index in [0.717, 1.165) is 0 Å². The van der Waals surface area contributed by atoms with Crippen LogP contribution in [0.15, 0.2) is 57.9 Å². The van der Waals surface area contributed by atoms with Gasteiger partial charge < -0.3 is 9.26 Å². The van der Waals surface area contributed by atoms with E-state index >= 15 is 0 Å². The lowest BCUT2D eigenvalue weighted by Gasteiger charge is -2.09. The first-order valence-electron chi connectivity index (χ1n) is 8.10. The van der Waals surface area contributed by atoms with Gasteiger partial charge in [-0.15, -0.1) is 0 Å². The quantitative estimate of drug-likeness (QED) is 0.647. The van der Waals surface area contributed by atoms with Gasteiger partial charge in [0.05, 0.1) is 17.1 Å². The number of ether oxygens (including phenoxy) is 1. The largest absolute Gasteiger partial charge is 0.462 e. The third kappa shape index (κ3) is 4.32. The molecule has 0 bridgehead atoms. The number of hydrogen-bond donors (Lipinski definition) is 1. The van der Waals surface area contributed by atoms with E-state index in [0.29, 0.717) is 28.5 Å². The molecule has 0 aliphatic rings. The molecule has 1 heterocycles. The lowest BCUT2D eigenvalue weighted by molar-refractivity contribution is 0.0526. The fourth-order valence-electron chi connectivity index (χ4n) is 2.32. The Morgan fingerprint density at radius 3 is 2.56 bits per heavy atom. The lowest BCUT2D eigenvalue weighted by atomic mass is 10.2. The molecule has 0 amide bonds. The van der Waals surface area contributed by atoms with E-state index < -0.39 is 16.0 Å². The summed E-state index contributed by atoms with van der Waals surface area (Å²) in [7, 11) is -3.83. The van der Waals surface area contributed by atoms with Crippen LogP contribution in [0.4, 0.5) is 5.69 Å². The maximum Gasteiger partial charge on any atom is 0.338 e. The van der Waals surface area contributed by atoms with Crippen LogP contribution < -0.4 is 4.72 Å². The molecule has 0 fully saturated rings. The summed E-state index contributed by atoms with van der Waals surface area (Å²) in [5, 5.41) is 3.79. The molecular formula is C18H17N3O5S.